The number of rotatable bonds is 9. The summed E-state index contributed by atoms with van der Waals surface area (Å²) in [5, 5.41) is 17.2. The number of pyridine rings is 1. The van der Waals surface area contributed by atoms with Crippen LogP contribution >= 0.6 is 11.3 Å². The zero-order valence-electron chi connectivity index (χ0n) is 20.6. The third kappa shape index (κ3) is 6.30. The number of benzene rings is 1. The third-order valence-electron chi connectivity index (χ3n) is 6.49. The molecule has 4 aromatic rings. The highest BCUT2D eigenvalue weighted by Crippen LogP contribution is 2.37. The SMILES string of the molecule is Cc1nc(NCCc2ccc(OC(F)(F)F)cc2)nc(NC2CCC(CO)C2)c1-c1nc2cnccc2s1. The second-order valence-corrected chi connectivity index (χ2v) is 10.3. The number of aliphatic hydroxyl groups excluding tert-OH is 1. The number of nitrogens with zero attached hydrogens (tertiary/aromatic N) is 4. The number of thiazole rings is 1. The number of halogens is 3. The van der Waals surface area contributed by atoms with Gasteiger partial charge in [-0.3, -0.25) is 4.98 Å². The van der Waals surface area contributed by atoms with E-state index in [1.807, 2.05) is 13.0 Å². The molecule has 0 amide bonds. The van der Waals surface area contributed by atoms with Gasteiger partial charge in [0.1, 0.15) is 22.1 Å². The molecule has 1 aliphatic rings. The molecule has 2 atom stereocenters. The molecule has 3 N–H and O–H groups in total. The van der Waals surface area contributed by atoms with Gasteiger partial charge in [-0.1, -0.05) is 12.1 Å². The molecule has 1 aliphatic carbocycles. The van der Waals surface area contributed by atoms with E-state index in [9.17, 15) is 18.3 Å². The molecule has 0 radical (unpaired) electrons. The molecule has 5 rings (SSSR count). The Morgan fingerprint density at radius 2 is 1.92 bits per heavy atom. The number of aryl methyl sites for hydroxylation is 1. The number of hydrogen-bond donors (Lipinski definition) is 3. The van der Waals surface area contributed by atoms with E-state index in [-0.39, 0.29) is 24.3 Å². The predicted octanol–water partition coefficient (Wildman–Crippen LogP) is 5.58. The lowest BCUT2D eigenvalue weighted by Crippen LogP contribution is -2.19. The molecule has 0 spiro atoms. The van der Waals surface area contributed by atoms with Crippen molar-refractivity contribution < 1.29 is 23.0 Å². The number of hydrogen-bond acceptors (Lipinski definition) is 9. The van der Waals surface area contributed by atoms with Crippen LogP contribution in [0.3, 0.4) is 0 Å². The highest BCUT2D eigenvalue weighted by atomic mass is 32.1. The van der Waals surface area contributed by atoms with Gasteiger partial charge < -0.3 is 20.5 Å². The average Bonchev–Trinajstić information content (AvgIpc) is 3.50. The van der Waals surface area contributed by atoms with Gasteiger partial charge >= 0.3 is 6.36 Å². The summed E-state index contributed by atoms with van der Waals surface area (Å²) in [6.07, 6.45) is 2.08. The third-order valence-corrected chi connectivity index (χ3v) is 7.54. The first kappa shape index (κ1) is 26.1. The van der Waals surface area contributed by atoms with Crippen LogP contribution in [0.25, 0.3) is 20.8 Å². The van der Waals surface area contributed by atoms with E-state index < -0.39 is 6.36 Å². The van der Waals surface area contributed by atoms with E-state index in [2.05, 4.69) is 25.3 Å². The summed E-state index contributed by atoms with van der Waals surface area (Å²) >= 11 is 1.55. The Morgan fingerprint density at radius 1 is 1.11 bits per heavy atom. The fourth-order valence-electron chi connectivity index (χ4n) is 4.64. The van der Waals surface area contributed by atoms with Gasteiger partial charge in [-0.15, -0.1) is 24.5 Å². The Kier molecular flexibility index (Phi) is 7.61. The van der Waals surface area contributed by atoms with Crippen LogP contribution in [-0.2, 0) is 6.42 Å². The number of anilines is 2. The lowest BCUT2D eigenvalue weighted by Gasteiger charge is -2.18. The lowest BCUT2D eigenvalue weighted by molar-refractivity contribution is -0.274. The average molecular weight is 545 g/mol. The molecule has 200 valence electrons. The molecule has 1 fully saturated rings. The van der Waals surface area contributed by atoms with Gasteiger partial charge in [0.15, 0.2) is 0 Å². The molecule has 1 saturated carbocycles. The maximum atomic E-state index is 12.4. The van der Waals surface area contributed by atoms with Crippen molar-refractivity contribution in [2.75, 3.05) is 23.8 Å². The van der Waals surface area contributed by atoms with Crippen molar-refractivity contribution in [3.8, 4) is 16.3 Å². The zero-order chi connectivity index (χ0) is 26.7. The first-order valence-electron chi connectivity index (χ1n) is 12.3. The summed E-state index contributed by atoms with van der Waals surface area (Å²) < 4.78 is 42.1. The number of nitrogens with one attached hydrogen (secondary N) is 2. The number of aromatic nitrogens is 4. The van der Waals surface area contributed by atoms with Crippen molar-refractivity contribution in [3.63, 3.8) is 0 Å². The Bertz CT molecular complexity index is 1360. The maximum Gasteiger partial charge on any atom is 0.573 e. The second kappa shape index (κ2) is 11.1. The first-order valence-corrected chi connectivity index (χ1v) is 13.1. The summed E-state index contributed by atoms with van der Waals surface area (Å²) in [6, 6.07) is 7.92. The standard InChI is InChI=1S/C26H27F3N6O2S/c1-15-22(24-34-20-13-30-10-9-21(20)38-24)23(33-18-5-2-17(12-18)14-36)35-25(32-15)31-11-8-16-3-6-19(7-4-16)37-26(27,28)29/h3-4,6-7,9-10,13,17-18,36H,2,5,8,11-12,14H2,1H3,(H2,31,32,33,35). The Morgan fingerprint density at radius 3 is 2.63 bits per heavy atom. The maximum absolute atomic E-state index is 12.4. The minimum absolute atomic E-state index is 0.175. The van der Waals surface area contributed by atoms with E-state index in [0.717, 1.165) is 51.3 Å². The van der Waals surface area contributed by atoms with Crippen LogP contribution in [0.5, 0.6) is 5.75 Å². The van der Waals surface area contributed by atoms with Crippen molar-refractivity contribution in [3.05, 3.63) is 54.0 Å². The highest BCUT2D eigenvalue weighted by molar-refractivity contribution is 7.21. The smallest absolute Gasteiger partial charge is 0.406 e. The minimum Gasteiger partial charge on any atom is -0.406 e. The lowest BCUT2D eigenvalue weighted by atomic mass is 10.1. The van der Waals surface area contributed by atoms with Crippen LogP contribution in [0.2, 0.25) is 0 Å². The van der Waals surface area contributed by atoms with E-state index in [1.54, 1.807) is 35.9 Å². The van der Waals surface area contributed by atoms with Crippen molar-refractivity contribution in [2.45, 2.75) is 45.0 Å². The number of alkyl halides is 3. The summed E-state index contributed by atoms with van der Waals surface area (Å²) in [5.41, 5.74) is 3.27. The topological polar surface area (TPSA) is 105 Å². The summed E-state index contributed by atoms with van der Waals surface area (Å²) in [4.78, 5) is 18.4. The molecule has 0 saturated heterocycles. The van der Waals surface area contributed by atoms with Crippen molar-refractivity contribution in [1.82, 2.24) is 19.9 Å². The van der Waals surface area contributed by atoms with Gasteiger partial charge in [-0.05, 0) is 62.3 Å². The molecular weight excluding hydrogens is 517 g/mol. The van der Waals surface area contributed by atoms with Gasteiger partial charge in [0.05, 0.1) is 22.2 Å². The summed E-state index contributed by atoms with van der Waals surface area (Å²) in [5.74, 6) is 1.16. The number of ether oxygens (including phenoxy) is 1. The van der Waals surface area contributed by atoms with E-state index >= 15 is 0 Å². The van der Waals surface area contributed by atoms with Gasteiger partial charge in [0.2, 0.25) is 5.95 Å². The minimum atomic E-state index is -4.71. The van der Waals surface area contributed by atoms with Crippen molar-refractivity contribution in [1.29, 1.82) is 0 Å². The largest absolute Gasteiger partial charge is 0.573 e. The monoisotopic (exact) mass is 544 g/mol. The van der Waals surface area contributed by atoms with Crippen LogP contribution in [0.15, 0.2) is 42.7 Å². The summed E-state index contributed by atoms with van der Waals surface area (Å²) in [7, 11) is 0. The van der Waals surface area contributed by atoms with Crippen LogP contribution in [0.1, 0.15) is 30.5 Å². The molecule has 3 aromatic heterocycles. The Labute approximate surface area is 221 Å². The molecule has 12 heteroatoms. The van der Waals surface area contributed by atoms with Crippen LogP contribution in [0, 0.1) is 12.8 Å². The van der Waals surface area contributed by atoms with E-state index in [0.29, 0.717) is 24.7 Å². The molecule has 3 heterocycles. The van der Waals surface area contributed by atoms with Gasteiger partial charge in [0, 0.05) is 25.4 Å². The Hall–Kier alpha value is -3.51. The molecular formula is C26H27F3N6O2S. The molecule has 8 nitrogen and oxygen atoms in total. The Balaban J connectivity index is 1.34. The normalized spacial score (nSPS) is 17.6. The van der Waals surface area contributed by atoms with E-state index in [4.69, 9.17) is 9.97 Å². The first-order chi connectivity index (χ1) is 18.3. The van der Waals surface area contributed by atoms with Crippen LogP contribution in [0.4, 0.5) is 24.9 Å². The van der Waals surface area contributed by atoms with Crippen molar-refractivity contribution in [2.24, 2.45) is 5.92 Å². The highest BCUT2D eigenvalue weighted by Gasteiger charge is 2.31. The molecule has 2 unspecified atom stereocenters. The van der Waals surface area contributed by atoms with Crippen molar-refractivity contribution >= 4 is 33.3 Å². The number of fused-ring (bicyclic) bond motifs is 1. The van der Waals surface area contributed by atoms with Crippen LogP contribution < -0.4 is 15.4 Å². The molecule has 0 aliphatic heterocycles. The molecule has 1 aromatic carbocycles. The fraction of sp³-hybridized carbons (Fsp3) is 0.385. The molecule has 0 bridgehead atoms. The van der Waals surface area contributed by atoms with Gasteiger partial charge in [0.25, 0.3) is 0 Å². The van der Waals surface area contributed by atoms with Gasteiger partial charge in [-0.2, -0.15) is 4.98 Å². The predicted molar refractivity (Wildman–Crippen MR) is 140 cm³/mol. The molecule has 38 heavy (non-hydrogen) atoms. The fourth-order valence-corrected chi connectivity index (χ4v) is 5.67. The quantitative estimate of drug-likeness (QED) is 0.251. The summed E-state index contributed by atoms with van der Waals surface area (Å²) in [6.45, 7) is 2.58. The van der Waals surface area contributed by atoms with E-state index in [1.165, 1.54) is 12.1 Å². The second-order valence-electron chi connectivity index (χ2n) is 9.29. The van der Waals surface area contributed by atoms with Gasteiger partial charge in [-0.25, -0.2) is 9.97 Å². The zero-order valence-corrected chi connectivity index (χ0v) is 21.4. The van der Waals surface area contributed by atoms with Crippen LogP contribution in [-0.4, -0.2) is 50.6 Å². The number of aliphatic hydroxyl groups is 1.